The molecule has 4 nitrogen and oxygen atoms in total. The summed E-state index contributed by atoms with van der Waals surface area (Å²) in [5, 5.41) is 5.01. The van der Waals surface area contributed by atoms with Gasteiger partial charge in [-0.15, -0.1) is 0 Å². The van der Waals surface area contributed by atoms with Crippen molar-refractivity contribution in [2.24, 2.45) is 5.14 Å². The van der Waals surface area contributed by atoms with Crippen LogP contribution < -0.4 is 9.32 Å². The fraction of sp³-hybridized carbons (Fsp3) is 0. The number of hydrogen-bond acceptors (Lipinski definition) is 3. The quantitative estimate of drug-likeness (QED) is 0.743. The van der Waals surface area contributed by atoms with Crippen LogP contribution in [-0.2, 0) is 10.3 Å². The number of rotatable bonds is 2. The van der Waals surface area contributed by atoms with Crippen molar-refractivity contribution >= 4 is 51.5 Å². The molecule has 0 radical (unpaired) electrons. The summed E-state index contributed by atoms with van der Waals surface area (Å²) in [6, 6.07) is 5.95. The molecule has 0 heterocycles. The summed E-state index contributed by atoms with van der Waals surface area (Å²) in [6.07, 6.45) is 0. The second-order valence-electron chi connectivity index (χ2n) is 2.03. The van der Waals surface area contributed by atoms with Gasteiger partial charge in [-0.2, -0.15) is 13.6 Å². The molecule has 7 heteroatoms. The first kappa shape index (κ1) is 13.2. The van der Waals surface area contributed by atoms with Gasteiger partial charge in [0.15, 0.2) is 0 Å². The number of benzene rings is 1. The van der Waals surface area contributed by atoms with Crippen LogP contribution in [0, 0.1) is 0 Å². The van der Waals surface area contributed by atoms with Crippen LogP contribution in [0.1, 0.15) is 0 Å². The van der Waals surface area contributed by atoms with Crippen LogP contribution in [0.5, 0.6) is 5.75 Å². The molecule has 0 aliphatic heterocycles. The van der Waals surface area contributed by atoms with E-state index in [1.807, 2.05) is 0 Å². The third-order valence-electron chi connectivity index (χ3n) is 1.01. The Bertz CT molecular complexity index is 381. The second-order valence-corrected chi connectivity index (χ2v) is 3.62. The Hall–Kier alpha value is 0.220. The van der Waals surface area contributed by atoms with Crippen LogP contribution in [0.4, 0.5) is 0 Å². The fourth-order valence-corrected chi connectivity index (χ4v) is 1.21. The summed E-state index contributed by atoms with van der Waals surface area (Å²) in [5.74, 6) is 0.102. The predicted octanol–water partition coefficient (Wildman–Crippen LogP) is 0.274. The van der Waals surface area contributed by atoms with Crippen molar-refractivity contribution in [3.05, 3.63) is 29.3 Å². The van der Waals surface area contributed by atoms with Crippen molar-refractivity contribution in [3.8, 4) is 5.75 Å². The Morgan fingerprint density at radius 2 is 2.00 bits per heavy atom. The van der Waals surface area contributed by atoms with Gasteiger partial charge in [-0.05, 0) is 12.1 Å². The van der Waals surface area contributed by atoms with E-state index in [0.29, 0.717) is 5.02 Å². The molecule has 0 spiro atoms. The molecule has 1 rings (SSSR count). The zero-order valence-electron chi connectivity index (χ0n) is 5.90. The van der Waals surface area contributed by atoms with Crippen LogP contribution in [0.15, 0.2) is 24.3 Å². The first-order valence-corrected chi connectivity index (χ1v) is 4.80. The molecule has 0 amide bonds. The molecular formula is C6H7ClNNaO3S. The molecule has 1 aromatic rings. The third-order valence-corrected chi connectivity index (χ3v) is 1.67. The van der Waals surface area contributed by atoms with Crippen LogP contribution in [0.3, 0.4) is 0 Å². The van der Waals surface area contributed by atoms with Crippen molar-refractivity contribution in [3.63, 3.8) is 0 Å². The molecule has 0 atom stereocenters. The van der Waals surface area contributed by atoms with E-state index in [2.05, 4.69) is 9.32 Å². The number of hydrogen-bond donors (Lipinski definition) is 1. The molecule has 0 bridgehead atoms. The molecule has 0 fully saturated rings. The topological polar surface area (TPSA) is 69.4 Å². The van der Waals surface area contributed by atoms with Crippen LogP contribution >= 0.6 is 11.6 Å². The first-order valence-electron chi connectivity index (χ1n) is 2.95. The molecule has 0 saturated heterocycles. The summed E-state index contributed by atoms with van der Waals surface area (Å²) in [5.41, 5.74) is 0. The molecule has 0 aromatic heterocycles. The number of halogens is 1. The average Bonchev–Trinajstić information content (AvgIpc) is 1.82. The maximum absolute atomic E-state index is 10.4. The van der Waals surface area contributed by atoms with Gasteiger partial charge in [0.05, 0.1) is 0 Å². The van der Waals surface area contributed by atoms with Crippen LogP contribution in [-0.4, -0.2) is 38.0 Å². The predicted molar refractivity (Wildman–Crippen MR) is 52.3 cm³/mol. The Labute approximate surface area is 104 Å². The molecule has 68 valence electrons. The third kappa shape index (κ3) is 5.51. The van der Waals surface area contributed by atoms with Crippen molar-refractivity contribution in [2.75, 3.05) is 0 Å². The van der Waals surface area contributed by atoms with Gasteiger partial charge in [0.25, 0.3) is 0 Å². The van der Waals surface area contributed by atoms with Gasteiger partial charge in [0, 0.05) is 11.1 Å². The van der Waals surface area contributed by atoms with Gasteiger partial charge in [0.1, 0.15) is 5.75 Å². The normalized spacial score (nSPS) is 10.3. The Morgan fingerprint density at radius 3 is 2.46 bits per heavy atom. The van der Waals surface area contributed by atoms with Crippen molar-refractivity contribution in [2.45, 2.75) is 0 Å². The van der Waals surface area contributed by atoms with Crippen molar-refractivity contribution in [1.82, 2.24) is 0 Å². The zero-order chi connectivity index (χ0) is 9.19. The van der Waals surface area contributed by atoms with Crippen molar-refractivity contribution < 1.29 is 12.6 Å². The van der Waals surface area contributed by atoms with Gasteiger partial charge in [-0.1, -0.05) is 17.7 Å². The SMILES string of the molecule is NS(=O)(=O)Oc1cccc(Cl)c1.[NaH]. The summed E-state index contributed by atoms with van der Waals surface area (Å²) in [6.45, 7) is 0. The second kappa shape index (κ2) is 5.19. The Morgan fingerprint density at radius 1 is 1.38 bits per heavy atom. The van der Waals surface area contributed by atoms with E-state index in [-0.39, 0.29) is 35.3 Å². The zero-order valence-corrected chi connectivity index (χ0v) is 7.47. The molecule has 13 heavy (non-hydrogen) atoms. The standard InChI is InChI=1S/C6H6ClNO3S.Na.H/c7-5-2-1-3-6(4-5)11-12(8,9)10;;/h1-4H,(H2,8,9,10);;. The fourth-order valence-electron chi connectivity index (χ4n) is 0.653. The van der Waals surface area contributed by atoms with Crippen LogP contribution in [0.2, 0.25) is 5.02 Å². The Kier molecular flexibility index (Phi) is 5.28. The minimum absolute atomic E-state index is 0. The van der Waals surface area contributed by atoms with E-state index in [1.165, 1.54) is 12.1 Å². The van der Waals surface area contributed by atoms with Crippen molar-refractivity contribution in [1.29, 1.82) is 0 Å². The van der Waals surface area contributed by atoms with E-state index >= 15 is 0 Å². The summed E-state index contributed by atoms with van der Waals surface area (Å²) in [7, 11) is -3.95. The van der Waals surface area contributed by atoms with Gasteiger partial charge in [0.2, 0.25) is 0 Å². The van der Waals surface area contributed by atoms with Gasteiger partial charge < -0.3 is 4.18 Å². The molecule has 0 saturated carbocycles. The Balaban J connectivity index is 0.00000144. The van der Waals surface area contributed by atoms with E-state index in [1.54, 1.807) is 12.1 Å². The van der Waals surface area contributed by atoms with E-state index in [9.17, 15) is 8.42 Å². The monoisotopic (exact) mass is 231 g/mol. The first-order chi connectivity index (χ1) is 5.47. The average molecular weight is 232 g/mol. The summed E-state index contributed by atoms with van der Waals surface area (Å²) in [4.78, 5) is 0. The van der Waals surface area contributed by atoms with E-state index < -0.39 is 10.3 Å². The summed E-state index contributed by atoms with van der Waals surface area (Å²) >= 11 is 5.56. The van der Waals surface area contributed by atoms with Crippen LogP contribution in [0.25, 0.3) is 0 Å². The molecule has 0 aliphatic carbocycles. The molecule has 0 aliphatic rings. The molecule has 2 N–H and O–H groups in total. The molecule has 1 aromatic carbocycles. The maximum atomic E-state index is 10.4. The van der Waals surface area contributed by atoms with Gasteiger partial charge >= 0.3 is 39.9 Å². The van der Waals surface area contributed by atoms with Gasteiger partial charge in [-0.3, -0.25) is 0 Å². The number of nitrogens with two attached hydrogens (primary N) is 1. The molecule has 0 unspecified atom stereocenters. The molecular weight excluding hydrogens is 225 g/mol. The van der Waals surface area contributed by atoms with Gasteiger partial charge in [-0.25, -0.2) is 0 Å². The minimum atomic E-state index is -3.95. The van der Waals surface area contributed by atoms with E-state index in [4.69, 9.17) is 11.6 Å². The summed E-state index contributed by atoms with van der Waals surface area (Å²) < 4.78 is 25.2. The van der Waals surface area contributed by atoms with E-state index in [0.717, 1.165) is 0 Å².